The van der Waals surface area contributed by atoms with E-state index in [-0.39, 0.29) is 17.0 Å². The zero-order valence-electron chi connectivity index (χ0n) is 11.2. The van der Waals surface area contributed by atoms with Gasteiger partial charge >= 0.3 is 6.18 Å². The highest BCUT2D eigenvalue weighted by atomic mass is 32.2. The monoisotopic (exact) mass is 310 g/mol. The maximum Gasteiger partial charge on any atom is 0.416 e. The third-order valence-electron chi connectivity index (χ3n) is 2.72. The van der Waals surface area contributed by atoms with E-state index in [9.17, 15) is 21.6 Å². The van der Waals surface area contributed by atoms with Crippen LogP contribution in [0.1, 0.15) is 18.1 Å². The normalized spacial score (nSPS) is 12.7. The first-order chi connectivity index (χ1) is 9.20. The molecular formula is C12H17F3N2O2S. The molecule has 8 heteroatoms. The Morgan fingerprint density at radius 2 is 1.85 bits per heavy atom. The minimum atomic E-state index is -4.57. The van der Waals surface area contributed by atoms with Gasteiger partial charge in [-0.3, -0.25) is 0 Å². The predicted molar refractivity (Wildman–Crippen MR) is 69.9 cm³/mol. The van der Waals surface area contributed by atoms with Crippen molar-refractivity contribution in [3.8, 4) is 0 Å². The quantitative estimate of drug-likeness (QED) is 0.789. The molecule has 0 aliphatic rings. The molecule has 0 unspecified atom stereocenters. The van der Waals surface area contributed by atoms with E-state index in [1.807, 2.05) is 6.92 Å². The van der Waals surface area contributed by atoms with Gasteiger partial charge in [0, 0.05) is 13.1 Å². The van der Waals surface area contributed by atoms with E-state index < -0.39 is 21.8 Å². The van der Waals surface area contributed by atoms with E-state index in [0.29, 0.717) is 13.1 Å². The van der Waals surface area contributed by atoms with Gasteiger partial charge < -0.3 is 5.32 Å². The van der Waals surface area contributed by atoms with E-state index >= 15 is 0 Å². The fourth-order valence-corrected chi connectivity index (χ4v) is 3.04. The van der Waals surface area contributed by atoms with Crippen LogP contribution in [0.2, 0.25) is 0 Å². The number of nitrogens with one attached hydrogen (secondary N) is 2. The lowest BCUT2D eigenvalue weighted by Crippen LogP contribution is -2.32. The zero-order chi connectivity index (χ0) is 15.4. The second-order valence-electron chi connectivity index (χ2n) is 4.18. The van der Waals surface area contributed by atoms with Crippen LogP contribution in [0.4, 0.5) is 13.2 Å². The number of benzene rings is 1. The minimum Gasteiger partial charge on any atom is -0.316 e. The van der Waals surface area contributed by atoms with Crippen LogP contribution in [-0.4, -0.2) is 28.1 Å². The molecule has 1 aromatic rings. The molecule has 0 aromatic heterocycles. The summed E-state index contributed by atoms with van der Waals surface area (Å²) in [6, 6.07) is 3.13. The van der Waals surface area contributed by atoms with E-state index in [0.717, 1.165) is 19.1 Å². The maximum atomic E-state index is 12.7. The summed E-state index contributed by atoms with van der Waals surface area (Å²) in [4.78, 5) is -0.344. The molecule has 1 rings (SSSR count). The summed E-state index contributed by atoms with van der Waals surface area (Å²) in [6.07, 6.45) is -4.57. The average Bonchev–Trinajstić information content (AvgIpc) is 2.33. The van der Waals surface area contributed by atoms with E-state index in [1.165, 1.54) is 6.07 Å². The number of sulfonamides is 1. The molecule has 0 spiro atoms. The maximum absolute atomic E-state index is 12.7. The second kappa shape index (κ2) is 6.55. The largest absolute Gasteiger partial charge is 0.416 e. The summed E-state index contributed by atoms with van der Waals surface area (Å²) in [5, 5.41) is 2.92. The Bertz CT molecular complexity index is 556. The summed E-state index contributed by atoms with van der Waals surface area (Å²) < 4.78 is 64.5. The lowest BCUT2D eigenvalue weighted by atomic mass is 10.1. The number of halogens is 3. The molecule has 2 N–H and O–H groups in total. The highest BCUT2D eigenvalue weighted by Gasteiger charge is 2.34. The first kappa shape index (κ1) is 16.9. The van der Waals surface area contributed by atoms with Gasteiger partial charge in [-0.15, -0.1) is 0 Å². The Balaban J connectivity index is 3.02. The second-order valence-corrected chi connectivity index (χ2v) is 5.91. The molecule has 20 heavy (non-hydrogen) atoms. The van der Waals surface area contributed by atoms with Gasteiger partial charge in [0.05, 0.1) is 10.5 Å². The van der Waals surface area contributed by atoms with E-state index in [1.54, 1.807) is 0 Å². The Morgan fingerprint density at radius 1 is 1.20 bits per heavy atom. The molecule has 114 valence electrons. The molecular weight excluding hydrogens is 293 g/mol. The van der Waals surface area contributed by atoms with Crippen LogP contribution in [0, 0.1) is 6.92 Å². The average molecular weight is 310 g/mol. The number of rotatable bonds is 6. The molecule has 1 aromatic carbocycles. The number of hydrogen-bond donors (Lipinski definition) is 2. The van der Waals surface area contributed by atoms with Gasteiger partial charge in [-0.25, -0.2) is 13.1 Å². The molecule has 0 saturated carbocycles. The van der Waals surface area contributed by atoms with Crippen molar-refractivity contribution < 1.29 is 21.6 Å². The van der Waals surface area contributed by atoms with Crippen molar-refractivity contribution in [3.63, 3.8) is 0 Å². The van der Waals surface area contributed by atoms with Crippen molar-refractivity contribution in [2.24, 2.45) is 0 Å². The zero-order valence-corrected chi connectivity index (χ0v) is 12.0. The van der Waals surface area contributed by atoms with Crippen LogP contribution < -0.4 is 10.0 Å². The predicted octanol–water partition coefficient (Wildman–Crippen LogP) is 1.90. The van der Waals surface area contributed by atoms with E-state index in [4.69, 9.17) is 0 Å². The Hall–Kier alpha value is -1.12. The smallest absolute Gasteiger partial charge is 0.316 e. The van der Waals surface area contributed by atoms with Crippen molar-refractivity contribution in [3.05, 3.63) is 29.3 Å². The fourth-order valence-electron chi connectivity index (χ4n) is 1.74. The summed E-state index contributed by atoms with van der Waals surface area (Å²) in [5.74, 6) is 0. The Kier molecular flexibility index (Phi) is 5.55. The molecule has 0 saturated heterocycles. The van der Waals surface area contributed by atoms with Crippen molar-refractivity contribution >= 4 is 10.0 Å². The third-order valence-corrected chi connectivity index (χ3v) is 4.33. The fraction of sp³-hybridized carbons (Fsp3) is 0.500. The van der Waals surface area contributed by atoms with Crippen molar-refractivity contribution in [2.45, 2.75) is 24.9 Å². The molecule has 0 bridgehead atoms. The van der Waals surface area contributed by atoms with Gasteiger partial charge in [0.1, 0.15) is 0 Å². The van der Waals surface area contributed by atoms with Crippen molar-refractivity contribution in [1.29, 1.82) is 0 Å². The van der Waals surface area contributed by atoms with Gasteiger partial charge in [0.25, 0.3) is 0 Å². The summed E-state index contributed by atoms with van der Waals surface area (Å²) in [7, 11) is -3.94. The standard InChI is InChI=1S/C12H17F3N2O2S/c1-3-16-7-8-17-20(18,19)11-6-4-5-10(9(11)2)12(13,14)15/h4-6,16-17H,3,7-8H2,1-2H3. The SMILES string of the molecule is CCNCCNS(=O)(=O)c1cccc(C(F)(F)F)c1C. The molecule has 0 amide bonds. The number of hydrogen-bond acceptors (Lipinski definition) is 3. The van der Waals surface area contributed by atoms with Crippen LogP contribution in [0.15, 0.2) is 23.1 Å². The van der Waals surface area contributed by atoms with Crippen LogP contribution in [0.3, 0.4) is 0 Å². The molecule has 0 fully saturated rings. The van der Waals surface area contributed by atoms with Crippen molar-refractivity contribution in [2.75, 3.05) is 19.6 Å². The number of likely N-dealkylation sites (N-methyl/N-ethyl adjacent to an activating group) is 1. The highest BCUT2D eigenvalue weighted by molar-refractivity contribution is 7.89. The Morgan fingerprint density at radius 3 is 2.40 bits per heavy atom. The van der Waals surface area contributed by atoms with E-state index in [2.05, 4.69) is 10.0 Å². The van der Waals surface area contributed by atoms with Gasteiger partial charge in [-0.05, 0) is 31.2 Å². The molecule has 4 nitrogen and oxygen atoms in total. The molecule has 0 atom stereocenters. The number of alkyl halides is 3. The lowest BCUT2D eigenvalue weighted by Gasteiger charge is -2.14. The van der Waals surface area contributed by atoms with Gasteiger partial charge in [0.2, 0.25) is 10.0 Å². The molecule has 0 aliphatic carbocycles. The topological polar surface area (TPSA) is 58.2 Å². The summed E-state index contributed by atoms with van der Waals surface area (Å²) >= 11 is 0. The summed E-state index contributed by atoms with van der Waals surface area (Å²) in [6.45, 7) is 4.23. The lowest BCUT2D eigenvalue weighted by molar-refractivity contribution is -0.138. The molecule has 0 radical (unpaired) electrons. The van der Waals surface area contributed by atoms with Crippen molar-refractivity contribution in [1.82, 2.24) is 10.0 Å². The minimum absolute atomic E-state index is 0.117. The van der Waals surface area contributed by atoms with Gasteiger partial charge in [-0.1, -0.05) is 13.0 Å². The Labute approximate surface area is 116 Å². The highest BCUT2D eigenvalue weighted by Crippen LogP contribution is 2.33. The van der Waals surface area contributed by atoms with Gasteiger partial charge in [0.15, 0.2) is 0 Å². The van der Waals surface area contributed by atoms with Gasteiger partial charge in [-0.2, -0.15) is 13.2 Å². The molecule has 0 aliphatic heterocycles. The molecule has 0 heterocycles. The van der Waals surface area contributed by atoms with Crippen LogP contribution in [-0.2, 0) is 16.2 Å². The van der Waals surface area contributed by atoms with Crippen LogP contribution in [0.25, 0.3) is 0 Å². The first-order valence-corrected chi connectivity index (χ1v) is 7.55. The summed E-state index contributed by atoms with van der Waals surface area (Å²) in [5.41, 5.74) is -1.23. The third kappa shape index (κ3) is 4.19. The first-order valence-electron chi connectivity index (χ1n) is 6.07. The van der Waals surface area contributed by atoms with Crippen LogP contribution >= 0.6 is 0 Å². The van der Waals surface area contributed by atoms with Crippen LogP contribution in [0.5, 0.6) is 0 Å².